The van der Waals surface area contributed by atoms with Crippen LogP contribution >= 0.6 is 0 Å². The van der Waals surface area contributed by atoms with E-state index in [1.165, 1.54) is 24.4 Å². The van der Waals surface area contributed by atoms with Crippen LogP contribution in [0.25, 0.3) is 0 Å². The molecule has 0 amide bonds. The van der Waals surface area contributed by atoms with Crippen LogP contribution in [0.2, 0.25) is 0 Å². The molecule has 14 heavy (non-hydrogen) atoms. The van der Waals surface area contributed by atoms with E-state index in [1.54, 1.807) is 0 Å². The molecule has 1 rings (SSSR count). The van der Waals surface area contributed by atoms with Gasteiger partial charge in [0.05, 0.1) is 18.4 Å². The molecule has 0 aliphatic rings. The largest absolute Gasteiger partial charge is 0.390 e. The maximum atomic E-state index is 9.38. The molecule has 2 atom stereocenters. The lowest BCUT2D eigenvalue weighted by atomic mass is 10.1. The van der Waals surface area contributed by atoms with Crippen LogP contribution in [0.3, 0.4) is 0 Å². The minimum atomic E-state index is -1.46. The van der Waals surface area contributed by atoms with Crippen molar-refractivity contribution in [3.8, 4) is 6.07 Å². The molecule has 5 heteroatoms. The van der Waals surface area contributed by atoms with Crippen LogP contribution in [0.5, 0.6) is 0 Å². The lowest BCUT2D eigenvalue weighted by Crippen LogP contribution is -2.16. The SMILES string of the molecule is N#CC(O)C(O)c1ccc(CO)nc1. The normalized spacial score (nSPS) is 14.4. The Balaban J connectivity index is 2.82. The minimum absolute atomic E-state index is 0.183. The van der Waals surface area contributed by atoms with Gasteiger partial charge >= 0.3 is 0 Å². The summed E-state index contributed by atoms with van der Waals surface area (Å²) in [5.41, 5.74) is 0.809. The van der Waals surface area contributed by atoms with Crippen LogP contribution in [0, 0.1) is 11.3 Å². The topological polar surface area (TPSA) is 97.4 Å². The van der Waals surface area contributed by atoms with E-state index in [0.717, 1.165) is 0 Å². The molecule has 1 aromatic heterocycles. The number of pyridine rings is 1. The molecule has 74 valence electrons. The Morgan fingerprint density at radius 3 is 2.57 bits per heavy atom. The van der Waals surface area contributed by atoms with Crippen molar-refractivity contribution in [1.82, 2.24) is 4.98 Å². The van der Waals surface area contributed by atoms with E-state index in [4.69, 9.17) is 15.5 Å². The van der Waals surface area contributed by atoms with Crippen LogP contribution in [0.1, 0.15) is 17.4 Å². The highest BCUT2D eigenvalue weighted by Crippen LogP contribution is 2.15. The summed E-state index contributed by atoms with van der Waals surface area (Å²) in [5, 5.41) is 35.4. The Labute approximate surface area is 80.9 Å². The standard InChI is InChI=1S/C9H10N2O3/c10-3-8(13)9(14)6-1-2-7(5-12)11-4-6/h1-2,4,8-9,12-14H,5H2. The first kappa shape index (κ1) is 10.6. The van der Waals surface area contributed by atoms with Gasteiger partial charge < -0.3 is 15.3 Å². The zero-order chi connectivity index (χ0) is 10.6. The van der Waals surface area contributed by atoms with Gasteiger partial charge in [0.15, 0.2) is 6.10 Å². The van der Waals surface area contributed by atoms with Crippen LogP contribution in [-0.4, -0.2) is 26.4 Å². The van der Waals surface area contributed by atoms with E-state index in [-0.39, 0.29) is 6.61 Å². The van der Waals surface area contributed by atoms with Crippen LogP contribution in [0.15, 0.2) is 18.3 Å². The van der Waals surface area contributed by atoms with Crippen LogP contribution < -0.4 is 0 Å². The molecule has 0 aliphatic carbocycles. The summed E-state index contributed by atoms with van der Waals surface area (Å²) < 4.78 is 0. The number of hydrogen-bond donors (Lipinski definition) is 3. The first-order valence-corrected chi connectivity index (χ1v) is 4.00. The maximum Gasteiger partial charge on any atom is 0.170 e. The van der Waals surface area contributed by atoms with Crippen molar-refractivity contribution < 1.29 is 15.3 Å². The Kier molecular flexibility index (Phi) is 3.54. The zero-order valence-electron chi connectivity index (χ0n) is 7.33. The van der Waals surface area contributed by atoms with Gasteiger partial charge in [-0.15, -0.1) is 0 Å². The second-order valence-corrected chi connectivity index (χ2v) is 2.76. The molecule has 5 nitrogen and oxygen atoms in total. The molecule has 0 spiro atoms. The summed E-state index contributed by atoms with van der Waals surface area (Å²) in [5.74, 6) is 0. The number of nitrogens with zero attached hydrogens (tertiary/aromatic N) is 2. The van der Waals surface area contributed by atoms with Crippen molar-refractivity contribution in [1.29, 1.82) is 5.26 Å². The number of aliphatic hydroxyl groups excluding tert-OH is 3. The second-order valence-electron chi connectivity index (χ2n) is 2.76. The first-order valence-electron chi connectivity index (χ1n) is 4.00. The van der Waals surface area contributed by atoms with Crippen LogP contribution in [0.4, 0.5) is 0 Å². The summed E-state index contributed by atoms with van der Waals surface area (Å²) in [6.45, 7) is -0.183. The van der Waals surface area contributed by atoms with Gasteiger partial charge in [-0.1, -0.05) is 6.07 Å². The van der Waals surface area contributed by atoms with Gasteiger partial charge in [0.25, 0.3) is 0 Å². The number of nitriles is 1. The van der Waals surface area contributed by atoms with Gasteiger partial charge in [-0.05, 0) is 6.07 Å². The molecular weight excluding hydrogens is 184 g/mol. The monoisotopic (exact) mass is 194 g/mol. The summed E-state index contributed by atoms with van der Waals surface area (Å²) in [6, 6.07) is 4.54. The quantitative estimate of drug-likeness (QED) is 0.563. The van der Waals surface area contributed by atoms with Crippen molar-refractivity contribution in [2.24, 2.45) is 0 Å². The summed E-state index contributed by atoms with van der Waals surface area (Å²) in [4.78, 5) is 3.80. The Morgan fingerprint density at radius 1 is 1.43 bits per heavy atom. The Hall–Kier alpha value is -1.48. The Bertz CT molecular complexity index is 331. The number of hydrogen-bond acceptors (Lipinski definition) is 5. The first-order chi connectivity index (χ1) is 6.69. The molecule has 3 N–H and O–H groups in total. The smallest absolute Gasteiger partial charge is 0.170 e. The number of aliphatic hydroxyl groups is 3. The highest BCUT2D eigenvalue weighted by molar-refractivity contribution is 5.18. The van der Waals surface area contributed by atoms with Gasteiger partial charge in [0, 0.05) is 11.8 Å². The fourth-order valence-electron chi connectivity index (χ4n) is 0.957. The molecule has 1 aromatic rings. The summed E-state index contributed by atoms with van der Waals surface area (Å²) in [7, 11) is 0. The lowest BCUT2D eigenvalue weighted by molar-refractivity contribution is 0.0525. The van der Waals surface area contributed by atoms with Crippen molar-refractivity contribution in [2.45, 2.75) is 18.8 Å². The van der Waals surface area contributed by atoms with E-state index in [1.807, 2.05) is 0 Å². The highest BCUT2D eigenvalue weighted by atomic mass is 16.3. The molecule has 0 bridgehead atoms. The molecule has 2 unspecified atom stereocenters. The average molecular weight is 194 g/mol. The lowest BCUT2D eigenvalue weighted by Gasteiger charge is -2.11. The fraction of sp³-hybridized carbons (Fsp3) is 0.333. The molecule has 0 fully saturated rings. The summed E-state index contributed by atoms with van der Waals surface area (Å²) >= 11 is 0. The number of rotatable bonds is 3. The molecule has 0 aromatic carbocycles. The van der Waals surface area contributed by atoms with E-state index < -0.39 is 12.2 Å². The third-order valence-electron chi connectivity index (χ3n) is 1.78. The summed E-state index contributed by atoms with van der Waals surface area (Å²) in [6.07, 6.45) is -1.41. The highest BCUT2D eigenvalue weighted by Gasteiger charge is 2.17. The average Bonchev–Trinajstić information content (AvgIpc) is 2.27. The van der Waals surface area contributed by atoms with Crippen molar-refractivity contribution in [3.63, 3.8) is 0 Å². The Morgan fingerprint density at radius 2 is 2.14 bits per heavy atom. The van der Waals surface area contributed by atoms with Gasteiger partial charge in [-0.2, -0.15) is 5.26 Å². The fourth-order valence-corrected chi connectivity index (χ4v) is 0.957. The van der Waals surface area contributed by atoms with Crippen molar-refractivity contribution >= 4 is 0 Å². The van der Waals surface area contributed by atoms with Crippen molar-refractivity contribution in [3.05, 3.63) is 29.6 Å². The van der Waals surface area contributed by atoms with Gasteiger partial charge in [-0.3, -0.25) is 4.98 Å². The molecule has 1 heterocycles. The van der Waals surface area contributed by atoms with Crippen molar-refractivity contribution in [2.75, 3.05) is 0 Å². The van der Waals surface area contributed by atoms with Crippen LogP contribution in [-0.2, 0) is 6.61 Å². The maximum absolute atomic E-state index is 9.38. The predicted octanol–water partition coefficient (Wildman–Crippen LogP) is -0.508. The van der Waals surface area contributed by atoms with Gasteiger partial charge in [-0.25, -0.2) is 0 Å². The third kappa shape index (κ3) is 2.26. The molecular formula is C9H10N2O3. The number of aromatic nitrogens is 1. The minimum Gasteiger partial charge on any atom is -0.390 e. The van der Waals surface area contributed by atoms with Gasteiger partial charge in [0.1, 0.15) is 6.10 Å². The van der Waals surface area contributed by atoms with E-state index in [2.05, 4.69) is 4.98 Å². The molecule has 0 radical (unpaired) electrons. The third-order valence-corrected chi connectivity index (χ3v) is 1.78. The van der Waals surface area contributed by atoms with E-state index >= 15 is 0 Å². The second kappa shape index (κ2) is 4.67. The van der Waals surface area contributed by atoms with Gasteiger partial charge in [0.2, 0.25) is 0 Å². The molecule has 0 saturated heterocycles. The van der Waals surface area contributed by atoms with E-state index in [9.17, 15) is 5.11 Å². The zero-order valence-corrected chi connectivity index (χ0v) is 7.33. The predicted molar refractivity (Wildman–Crippen MR) is 46.7 cm³/mol. The van der Waals surface area contributed by atoms with E-state index in [0.29, 0.717) is 11.3 Å². The molecule has 0 saturated carbocycles. The molecule has 0 aliphatic heterocycles.